The van der Waals surface area contributed by atoms with Crippen molar-refractivity contribution in [1.29, 1.82) is 0 Å². The summed E-state index contributed by atoms with van der Waals surface area (Å²) in [4.78, 5) is 19.6. The van der Waals surface area contributed by atoms with Crippen molar-refractivity contribution in [2.75, 3.05) is 26.3 Å². The van der Waals surface area contributed by atoms with Gasteiger partial charge in [0.25, 0.3) is 5.91 Å². The van der Waals surface area contributed by atoms with E-state index in [9.17, 15) is 4.79 Å². The van der Waals surface area contributed by atoms with Crippen molar-refractivity contribution in [3.05, 3.63) is 89.6 Å². The van der Waals surface area contributed by atoms with Gasteiger partial charge < -0.3 is 19.4 Å². The van der Waals surface area contributed by atoms with Gasteiger partial charge in [0.2, 0.25) is 0 Å². The van der Waals surface area contributed by atoms with Crippen molar-refractivity contribution in [1.82, 2.24) is 29.4 Å². The van der Waals surface area contributed by atoms with Crippen LogP contribution in [-0.4, -0.2) is 56.3 Å². The second kappa shape index (κ2) is 9.33. The molecule has 0 unspecified atom stereocenters. The summed E-state index contributed by atoms with van der Waals surface area (Å²) >= 11 is 0. The molecule has 0 radical (unpaired) electrons. The molecule has 0 saturated carbocycles. The van der Waals surface area contributed by atoms with E-state index in [2.05, 4.69) is 27.5 Å². The first-order valence-electron chi connectivity index (χ1n) is 10.9. The van der Waals surface area contributed by atoms with E-state index in [0.717, 1.165) is 23.4 Å². The van der Waals surface area contributed by atoms with E-state index in [1.165, 1.54) is 5.56 Å². The molecule has 3 aromatic heterocycles. The number of morpholine rings is 1. The summed E-state index contributed by atoms with van der Waals surface area (Å²) in [6.45, 7) is 4.26. The molecule has 0 aliphatic carbocycles. The first-order valence-corrected chi connectivity index (χ1v) is 10.9. The predicted molar refractivity (Wildman–Crippen MR) is 120 cm³/mol. The molecule has 8 heteroatoms. The number of benzene rings is 1. The first-order chi connectivity index (χ1) is 15.8. The molecule has 0 atom stereocenters. The van der Waals surface area contributed by atoms with Crippen LogP contribution >= 0.6 is 0 Å². The van der Waals surface area contributed by atoms with Gasteiger partial charge in [-0.15, -0.1) is 0 Å². The summed E-state index contributed by atoms with van der Waals surface area (Å²) in [5.74, 6) is -0.0375. The average Bonchev–Trinajstić information content (AvgIpc) is 3.44. The number of fused-ring (bicyclic) bond motifs is 1. The molecule has 1 aliphatic rings. The van der Waals surface area contributed by atoms with Crippen molar-refractivity contribution in [3.63, 3.8) is 0 Å². The lowest BCUT2D eigenvalue weighted by molar-refractivity contribution is 0.0298. The second-order valence-electron chi connectivity index (χ2n) is 7.88. The van der Waals surface area contributed by atoms with Crippen molar-refractivity contribution in [2.45, 2.75) is 19.6 Å². The lowest BCUT2D eigenvalue weighted by Gasteiger charge is -2.26. The molecule has 0 spiro atoms. The highest BCUT2D eigenvalue weighted by Crippen LogP contribution is 2.16. The fourth-order valence-corrected chi connectivity index (χ4v) is 3.98. The lowest BCUT2D eigenvalue weighted by atomic mass is 10.2. The number of aromatic nitrogens is 4. The maximum Gasteiger partial charge on any atom is 0.274 e. The highest BCUT2D eigenvalue weighted by molar-refractivity contribution is 5.94. The maximum atomic E-state index is 13.2. The summed E-state index contributed by atoms with van der Waals surface area (Å²) in [5, 5.41) is 7.93. The third kappa shape index (κ3) is 4.42. The van der Waals surface area contributed by atoms with Gasteiger partial charge in [0.05, 0.1) is 31.6 Å². The zero-order valence-corrected chi connectivity index (χ0v) is 17.9. The molecular formula is C24H26N6O2. The van der Waals surface area contributed by atoms with Gasteiger partial charge in [-0.05, 0) is 17.7 Å². The van der Waals surface area contributed by atoms with E-state index in [-0.39, 0.29) is 5.91 Å². The number of hydrogen-bond acceptors (Lipinski definition) is 5. The number of amides is 1. The van der Waals surface area contributed by atoms with Crippen LogP contribution in [0.25, 0.3) is 5.65 Å². The number of imidazole rings is 1. The van der Waals surface area contributed by atoms with Crippen LogP contribution in [0.15, 0.2) is 67.1 Å². The quantitative estimate of drug-likeness (QED) is 0.487. The predicted octanol–water partition coefficient (Wildman–Crippen LogP) is 2.34. The molecule has 8 nitrogen and oxygen atoms in total. The van der Waals surface area contributed by atoms with Crippen LogP contribution in [0.3, 0.4) is 0 Å². The van der Waals surface area contributed by atoms with Gasteiger partial charge in [0.15, 0.2) is 5.69 Å². The highest BCUT2D eigenvalue weighted by Gasteiger charge is 2.25. The fourth-order valence-electron chi connectivity index (χ4n) is 3.98. The van der Waals surface area contributed by atoms with Crippen molar-refractivity contribution < 1.29 is 9.53 Å². The number of hydrogen-bond donors (Lipinski definition) is 1. The minimum atomic E-state index is -0.0375. The Morgan fingerprint density at radius 1 is 1.00 bits per heavy atom. The molecule has 1 N–H and O–H groups in total. The van der Waals surface area contributed by atoms with Crippen molar-refractivity contribution >= 4 is 11.6 Å². The van der Waals surface area contributed by atoms with Crippen molar-refractivity contribution in [3.8, 4) is 0 Å². The number of carbonyl (C=O) groups is 1. The zero-order valence-electron chi connectivity index (χ0n) is 17.9. The Bertz CT molecular complexity index is 1190. The van der Waals surface area contributed by atoms with Gasteiger partial charge in [-0.3, -0.25) is 9.48 Å². The SMILES string of the molecule is O=C(c1nc2ccccn2c1CNCc1cnn(Cc2ccccc2)c1)N1CCOCC1. The molecule has 4 heterocycles. The van der Waals surface area contributed by atoms with Crippen LogP contribution in [0.4, 0.5) is 0 Å². The first kappa shape index (κ1) is 20.4. The van der Waals surface area contributed by atoms with E-state index in [1.807, 2.05) is 69.0 Å². The monoisotopic (exact) mass is 430 g/mol. The number of nitrogens with one attached hydrogen (secondary N) is 1. The fraction of sp³-hybridized carbons (Fsp3) is 0.292. The molecule has 1 amide bonds. The lowest BCUT2D eigenvalue weighted by Crippen LogP contribution is -2.41. The number of ether oxygens (including phenoxy) is 1. The topological polar surface area (TPSA) is 76.7 Å². The Labute approximate surface area is 186 Å². The molecule has 0 bridgehead atoms. The molecule has 1 aliphatic heterocycles. The van der Waals surface area contributed by atoms with Crippen LogP contribution in [0, 0.1) is 0 Å². The Morgan fingerprint density at radius 3 is 2.66 bits per heavy atom. The summed E-state index contributed by atoms with van der Waals surface area (Å²) in [6.07, 6.45) is 5.88. The van der Waals surface area contributed by atoms with E-state index in [1.54, 1.807) is 0 Å². The summed E-state index contributed by atoms with van der Waals surface area (Å²) < 4.78 is 9.31. The standard InChI is InChI=1S/C24H26N6O2/c31-24(28-10-12-32-13-11-28)23-21(30-9-5-4-8-22(30)27-23)16-25-14-20-15-26-29(18-20)17-19-6-2-1-3-7-19/h1-9,15,18,25H,10-14,16-17H2. The van der Waals surface area contributed by atoms with Crippen molar-refractivity contribution in [2.24, 2.45) is 0 Å². The largest absolute Gasteiger partial charge is 0.378 e. The maximum absolute atomic E-state index is 13.2. The minimum Gasteiger partial charge on any atom is -0.378 e. The van der Waals surface area contributed by atoms with Crippen LogP contribution in [-0.2, 0) is 24.4 Å². The van der Waals surface area contributed by atoms with Gasteiger partial charge in [-0.1, -0.05) is 36.4 Å². The van der Waals surface area contributed by atoms with Gasteiger partial charge in [-0.2, -0.15) is 5.10 Å². The Balaban J connectivity index is 1.28. The number of rotatable bonds is 7. The van der Waals surface area contributed by atoms with Gasteiger partial charge in [0.1, 0.15) is 5.65 Å². The summed E-state index contributed by atoms with van der Waals surface area (Å²) in [6, 6.07) is 16.1. The minimum absolute atomic E-state index is 0.0375. The van der Waals surface area contributed by atoms with Crippen LogP contribution in [0.5, 0.6) is 0 Å². The molecular weight excluding hydrogens is 404 g/mol. The van der Waals surface area contributed by atoms with E-state index in [0.29, 0.717) is 45.1 Å². The third-order valence-corrected chi connectivity index (χ3v) is 5.63. The molecule has 164 valence electrons. The van der Waals surface area contributed by atoms with Gasteiger partial charge in [-0.25, -0.2) is 4.98 Å². The van der Waals surface area contributed by atoms with Gasteiger partial charge >= 0.3 is 0 Å². The Morgan fingerprint density at radius 2 is 1.81 bits per heavy atom. The second-order valence-corrected chi connectivity index (χ2v) is 7.88. The van der Waals surface area contributed by atoms with Crippen LogP contribution in [0.2, 0.25) is 0 Å². The van der Waals surface area contributed by atoms with Crippen LogP contribution < -0.4 is 5.32 Å². The molecule has 32 heavy (non-hydrogen) atoms. The molecule has 1 fully saturated rings. The van der Waals surface area contributed by atoms with Crippen LogP contribution in [0.1, 0.15) is 27.3 Å². The molecule has 5 rings (SSSR count). The molecule has 1 saturated heterocycles. The summed E-state index contributed by atoms with van der Waals surface area (Å²) in [7, 11) is 0. The number of pyridine rings is 1. The number of nitrogens with zero attached hydrogens (tertiary/aromatic N) is 5. The molecule has 4 aromatic rings. The zero-order chi connectivity index (χ0) is 21.8. The normalized spacial score (nSPS) is 14.2. The third-order valence-electron chi connectivity index (χ3n) is 5.63. The smallest absolute Gasteiger partial charge is 0.274 e. The van der Waals surface area contributed by atoms with E-state index >= 15 is 0 Å². The Kier molecular flexibility index (Phi) is 5.96. The summed E-state index contributed by atoms with van der Waals surface area (Å²) in [5.41, 5.74) is 4.46. The number of carbonyl (C=O) groups excluding carboxylic acids is 1. The van der Waals surface area contributed by atoms with Gasteiger partial charge in [0, 0.05) is 44.1 Å². The molecule has 1 aromatic carbocycles. The average molecular weight is 431 g/mol. The highest BCUT2D eigenvalue weighted by atomic mass is 16.5. The van der Waals surface area contributed by atoms with E-state index in [4.69, 9.17) is 4.74 Å². The Hall–Kier alpha value is -3.49. The van der Waals surface area contributed by atoms with E-state index < -0.39 is 0 Å².